The zero-order valence-electron chi connectivity index (χ0n) is 17.5. The number of imidazole rings is 1. The molecule has 0 aliphatic heterocycles. The number of fused-ring (bicyclic) bond motifs is 1. The molecule has 0 atom stereocenters. The van der Waals surface area contributed by atoms with Crippen LogP contribution in [-0.2, 0) is 25.4 Å². The number of aryl methyl sites for hydroxylation is 1. The molecule has 2 heterocycles. The molecule has 4 rings (SSSR count). The zero-order chi connectivity index (χ0) is 23.0. The van der Waals surface area contributed by atoms with Crippen LogP contribution in [0.25, 0.3) is 11.2 Å². The van der Waals surface area contributed by atoms with E-state index in [-0.39, 0.29) is 17.2 Å². The molecule has 2 aromatic heterocycles. The molecule has 0 aliphatic rings. The highest BCUT2D eigenvalue weighted by Crippen LogP contribution is 2.26. The fourth-order valence-electron chi connectivity index (χ4n) is 3.31. The smallest absolute Gasteiger partial charge is 0.337 e. The molecule has 0 fully saturated rings. The van der Waals surface area contributed by atoms with Crippen molar-refractivity contribution in [2.24, 2.45) is 14.1 Å². The van der Waals surface area contributed by atoms with E-state index in [9.17, 15) is 14.4 Å². The van der Waals surface area contributed by atoms with Gasteiger partial charge in [-0.1, -0.05) is 28.1 Å². The second-order valence-electron chi connectivity index (χ2n) is 7.10. The second-order valence-corrected chi connectivity index (χ2v) is 8.02. The van der Waals surface area contributed by atoms with Gasteiger partial charge in [0.2, 0.25) is 0 Å². The predicted molar refractivity (Wildman–Crippen MR) is 121 cm³/mol. The van der Waals surface area contributed by atoms with E-state index in [1.807, 2.05) is 24.3 Å². The average molecular weight is 499 g/mol. The van der Waals surface area contributed by atoms with Crippen LogP contribution in [0.3, 0.4) is 0 Å². The SMILES string of the molecule is COC(=O)c1ccc(Oc2nc3c(c(=O)n(C)c(=O)n3C)n2Cc2ccc(Br)cc2)cc1. The van der Waals surface area contributed by atoms with Gasteiger partial charge in [0.05, 0.1) is 19.2 Å². The second kappa shape index (κ2) is 8.46. The maximum atomic E-state index is 13.0. The Bertz CT molecular complexity index is 1430. The predicted octanol–water partition coefficient (Wildman–Crippen LogP) is 2.82. The van der Waals surface area contributed by atoms with Crippen LogP contribution in [0.1, 0.15) is 15.9 Å². The van der Waals surface area contributed by atoms with Gasteiger partial charge in [-0.2, -0.15) is 4.98 Å². The molecule has 164 valence electrons. The summed E-state index contributed by atoms with van der Waals surface area (Å²) in [5.74, 6) is -0.0515. The third kappa shape index (κ3) is 3.84. The quantitative estimate of drug-likeness (QED) is 0.392. The number of ether oxygens (including phenoxy) is 2. The summed E-state index contributed by atoms with van der Waals surface area (Å²) >= 11 is 3.41. The number of methoxy groups -OCH3 is 1. The first-order valence-electron chi connectivity index (χ1n) is 9.57. The summed E-state index contributed by atoms with van der Waals surface area (Å²) in [6, 6.07) is 14.1. The number of esters is 1. The van der Waals surface area contributed by atoms with Gasteiger partial charge in [-0.25, -0.2) is 9.59 Å². The molecule has 0 amide bonds. The van der Waals surface area contributed by atoms with Gasteiger partial charge in [-0.3, -0.25) is 18.5 Å². The molecule has 0 N–H and O–H groups in total. The highest BCUT2D eigenvalue weighted by Gasteiger charge is 2.21. The summed E-state index contributed by atoms with van der Waals surface area (Å²) in [5.41, 5.74) is 0.803. The Labute approximate surface area is 190 Å². The van der Waals surface area contributed by atoms with Crippen molar-refractivity contribution in [3.05, 3.63) is 85.0 Å². The Hall–Kier alpha value is -3.66. The molecule has 0 radical (unpaired) electrons. The van der Waals surface area contributed by atoms with E-state index in [0.717, 1.165) is 14.6 Å². The van der Waals surface area contributed by atoms with E-state index in [0.29, 0.717) is 17.9 Å². The first-order chi connectivity index (χ1) is 15.3. The van der Waals surface area contributed by atoms with Crippen LogP contribution < -0.4 is 16.0 Å². The number of hydrogen-bond donors (Lipinski definition) is 0. The number of hydrogen-bond acceptors (Lipinski definition) is 6. The lowest BCUT2D eigenvalue weighted by Crippen LogP contribution is -2.37. The molecular weight excluding hydrogens is 480 g/mol. The monoisotopic (exact) mass is 498 g/mol. The van der Waals surface area contributed by atoms with Gasteiger partial charge in [0, 0.05) is 18.6 Å². The standard InChI is InChI=1S/C22H19BrN4O5/c1-25-18-17(19(28)26(2)22(25)30)27(12-13-4-8-15(23)9-5-13)21(24-18)32-16-10-6-14(7-11-16)20(29)31-3/h4-11H,12H2,1-3H3. The largest absolute Gasteiger partial charge is 0.465 e. The fraction of sp³-hybridized carbons (Fsp3) is 0.182. The Balaban J connectivity index is 1.85. The van der Waals surface area contributed by atoms with Crippen molar-refractivity contribution in [2.75, 3.05) is 7.11 Å². The summed E-state index contributed by atoms with van der Waals surface area (Å²) in [5, 5.41) is 0. The van der Waals surface area contributed by atoms with E-state index < -0.39 is 17.2 Å². The van der Waals surface area contributed by atoms with E-state index in [2.05, 4.69) is 20.9 Å². The van der Waals surface area contributed by atoms with Crippen LogP contribution in [0.4, 0.5) is 0 Å². The lowest BCUT2D eigenvalue weighted by molar-refractivity contribution is 0.0600. The van der Waals surface area contributed by atoms with Crippen molar-refractivity contribution in [2.45, 2.75) is 6.54 Å². The van der Waals surface area contributed by atoms with Gasteiger partial charge in [0.15, 0.2) is 11.2 Å². The van der Waals surface area contributed by atoms with E-state index in [4.69, 9.17) is 9.47 Å². The molecule has 0 bridgehead atoms. The van der Waals surface area contributed by atoms with E-state index in [1.54, 1.807) is 35.9 Å². The van der Waals surface area contributed by atoms with Crippen molar-refractivity contribution in [1.29, 1.82) is 0 Å². The van der Waals surface area contributed by atoms with Crippen molar-refractivity contribution in [1.82, 2.24) is 18.7 Å². The summed E-state index contributed by atoms with van der Waals surface area (Å²) in [6.07, 6.45) is 0. The number of carbonyl (C=O) groups excluding carboxylic acids is 1. The van der Waals surface area contributed by atoms with Gasteiger partial charge >= 0.3 is 17.7 Å². The Morgan fingerprint density at radius 1 is 1.00 bits per heavy atom. The minimum atomic E-state index is -0.482. The van der Waals surface area contributed by atoms with Crippen LogP contribution >= 0.6 is 15.9 Å². The van der Waals surface area contributed by atoms with Crippen molar-refractivity contribution >= 4 is 33.1 Å². The molecule has 0 aliphatic carbocycles. The van der Waals surface area contributed by atoms with E-state index in [1.165, 1.54) is 18.7 Å². The molecule has 0 saturated carbocycles. The average Bonchev–Trinajstić information content (AvgIpc) is 3.15. The van der Waals surface area contributed by atoms with Gasteiger partial charge in [0.25, 0.3) is 5.56 Å². The third-order valence-corrected chi connectivity index (χ3v) is 5.58. The number of aromatic nitrogens is 4. The van der Waals surface area contributed by atoms with Gasteiger partial charge in [0.1, 0.15) is 5.75 Å². The van der Waals surface area contributed by atoms with Gasteiger partial charge in [-0.15, -0.1) is 0 Å². The van der Waals surface area contributed by atoms with Gasteiger partial charge in [-0.05, 0) is 42.0 Å². The molecule has 0 unspecified atom stereocenters. The van der Waals surface area contributed by atoms with Gasteiger partial charge < -0.3 is 9.47 Å². The number of benzene rings is 2. The minimum absolute atomic E-state index is 0.145. The number of rotatable bonds is 5. The molecule has 9 nitrogen and oxygen atoms in total. The molecule has 0 spiro atoms. The molecule has 0 saturated heterocycles. The third-order valence-electron chi connectivity index (χ3n) is 5.05. The normalized spacial score (nSPS) is 11.0. The first-order valence-corrected chi connectivity index (χ1v) is 10.4. The Morgan fingerprint density at radius 3 is 2.28 bits per heavy atom. The van der Waals surface area contributed by atoms with Crippen molar-refractivity contribution in [3.8, 4) is 11.8 Å². The molecule has 2 aromatic carbocycles. The van der Waals surface area contributed by atoms with Crippen LogP contribution in [-0.4, -0.2) is 31.8 Å². The van der Waals surface area contributed by atoms with Crippen molar-refractivity contribution < 1.29 is 14.3 Å². The molecular formula is C22H19BrN4O5. The van der Waals surface area contributed by atoms with Crippen LogP contribution in [0, 0.1) is 0 Å². The summed E-state index contributed by atoms with van der Waals surface area (Å²) in [6.45, 7) is 0.298. The summed E-state index contributed by atoms with van der Waals surface area (Å²) in [7, 11) is 4.28. The Kier molecular flexibility index (Phi) is 5.70. The maximum Gasteiger partial charge on any atom is 0.337 e. The lowest BCUT2D eigenvalue weighted by atomic mass is 10.2. The number of nitrogens with zero attached hydrogens (tertiary/aromatic N) is 4. The number of halogens is 1. The molecule has 32 heavy (non-hydrogen) atoms. The molecule has 10 heteroatoms. The van der Waals surface area contributed by atoms with Crippen LogP contribution in [0.2, 0.25) is 0 Å². The highest BCUT2D eigenvalue weighted by atomic mass is 79.9. The summed E-state index contributed by atoms with van der Waals surface area (Å²) < 4.78 is 15.6. The van der Waals surface area contributed by atoms with Crippen molar-refractivity contribution in [3.63, 3.8) is 0 Å². The Morgan fingerprint density at radius 2 is 1.66 bits per heavy atom. The first kappa shape index (κ1) is 21.6. The van der Waals surface area contributed by atoms with E-state index >= 15 is 0 Å². The highest BCUT2D eigenvalue weighted by molar-refractivity contribution is 9.10. The fourth-order valence-corrected chi connectivity index (χ4v) is 3.57. The molecule has 4 aromatic rings. The lowest BCUT2D eigenvalue weighted by Gasteiger charge is -2.11. The zero-order valence-corrected chi connectivity index (χ0v) is 19.1. The maximum absolute atomic E-state index is 13.0. The summed E-state index contributed by atoms with van der Waals surface area (Å²) in [4.78, 5) is 41.5. The topological polar surface area (TPSA) is 97.4 Å². The number of carbonyl (C=O) groups is 1. The van der Waals surface area contributed by atoms with Crippen LogP contribution in [0.5, 0.6) is 11.8 Å². The van der Waals surface area contributed by atoms with Crippen LogP contribution in [0.15, 0.2) is 62.6 Å². The minimum Gasteiger partial charge on any atom is -0.465 e.